The van der Waals surface area contributed by atoms with Gasteiger partial charge in [-0.2, -0.15) is 0 Å². The van der Waals surface area contributed by atoms with Crippen molar-refractivity contribution in [3.05, 3.63) is 35.4 Å². The molecular weight excluding hydrogens is 322 g/mol. The molecule has 6 nitrogen and oxygen atoms in total. The van der Waals surface area contributed by atoms with Gasteiger partial charge in [-0.1, -0.05) is 6.92 Å². The van der Waals surface area contributed by atoms with Crippen LogP contribution in [0.4, 0.5) is 13.6 Å². The summed E-state index contributed by atoms with van der Waals surface area (Å²) in [7, 11) is 0. The molecule has 0 aromatic heterocycles. The number of carbonyl (C=O) groups excluding carboxylic acids is 3. The van der Waals surface area contributed by atoms with E-state index in [9.17, 15) is 23.2 Å². The molecule has 3 amide bonds. The van der Waals surface area contributed by atoms with Crippen molar-refractivity contribution in [3.8, 4) is 0 Å². The van der Waals surface area contributed by atoms with Gasteiger partial charge in [-0.25, -0.2) is 13.6 Å². The molecular formula is C16H18F2N2O4. The minimum absolute atomic E-state index is 0.166. The van der Waals surface area contributed by atoms with E-state index < -0.39 is 35.1 Å². The third-order valence-corrected chi connectivity index (χ3v) is 3.75. The van der Waals surface area contributed by atoms with Crippen LogP contribution in [0.3, 0.4) is 0 Å². The van der Waals surface area contributed by atoms with Gasteiger partial charge in [0, 0.05) is 12.1 Å². The lowest BCUT2D eigenvalue weighted by Gasteiger charge is -2.22. The summed E-state index contributed by atoms with van der Waals surface area (Å²) >= 11 is 0. The van der Waals surface area contributed by atoms with Gasteiger partial charge in [0.25, 0.3) is 5.91 Å². The number of nitrogens with zero attached hydrogens (tertiary/aromatic N) is 1. The van der Waals surface area contributed by atoms with Crippen molar-refractivity contribution in [3.63, 3.8) is 0 Å². The van der Waals surface area contributed by atoms with Crippen molar-refractivity contribution >= 4 is 17.9 Å². The summed E-state index contributed by atoms with van der Waals surface area (Å²) in [5, 5.41) is 2.36. The molecule has 1 fully saturated rings. The summed E-state index contributed by atoms with van der Waals surface area (Å²) in [5.74, 6) is -2.82. The standard InChI is InChI=1S/C16H18F2N2O4/c1-3-8-24-13(21)6-7-20-14(22)16(2,19-15(20)23)11-9-10(17)4-5-12(11)18/h4-5,9H,3,6-8H2,1-2H3,(H,19,23)/t16-/m0/s1. The first-order valence-electron chi connectivity index (χ1n) is 7.55. The summed E-state index contributed by atoms with van der Waals surface area (Å²) in [6.07, 6.45) is 0.493. The molecule has 1 atom stereocenters. The molecule has 0 spiro atoms. The number of nitrogens with one attached hydrogen (secondary N) is 1. The second-order valence-corrected chi connectivity index (χ2v) is 5.61. The maximum atomic E-state index is 14.0. The molecule has 0 unspecified atom stereocenters. The summed E-state index contributed by atoms with van der Waals surface area (Å²) in [6, 6.07) is 1.91. The fourth-order valence-corrected chi connectivity index (χ4v) is 2.45. The molecule has 0 saturated carbocycles. The number of amides is 3. The number of rotatable bonds is 6. The number of hydrogen-bond donors (Lipinski definition) is 1. The average Bonchev–Trinajstić information content (AvgIpc) is 2.76. The number of hydrogen-bond acceptors (Lipinski definition) is 4. The number of urea groups is 1. The van der Waals surface area contributed by atoms with Crippen LogP contribution >= 0.6 is 0 Å². The van der Waals surface area contributed by atoms with E-state index in [1.807, 2.05) is 6.92 Å². The zero-order valence-corrected chi connectivity index (χ0v) is 13.4. The van der Waals surface area contributed by atoms with Gasteiger partial charge in [-0.15, -0.1) is 0 Å². The van der Waals surface area contributed by atoms with E-state index in [1.54, 1.807) is 0 Å². The van der Waals surface area contributed by atoms with Crippen LogP contribution in [0.2, 0.25) is 0 Å². The Bertz CT molecular complexity index is 680. The molecule has 0 aliphatic carbocycles. The Morgan fingerprint density at radius 1 is 1.33 bits per heavy atom. The van der Waals surface area contributed by atoms with E-state index in [0.29, 0.717) is 6.42 Å². The molecule has 2 rings (SSSR count). The van der Waals surface area contributed by atoms with Crippen molar-refractivity contribution in [1.29, 1.82) is 0 Å². The van der Waals surface area contributed by atoms with Gasteiger partial charge in [0.1, 0.15) is 17.2 Å². The molecule has 0 bridgehead atoms. The van der Waals surface area contributed by atoms with E-state index in [-0.39, 0.29) is 25.1 Å². The molecule has 1 aromatic rings. The third-order valence-electron chi connectivity index (χ3n) is 3.75. The molecule has 1 aliphatic heterocycles. The highest BCUT2D eigenvalue weighted by Gasteiger charge is 2.50. The normalized spacial score (nSPS) is 20.2. The lowest BCUT2D eigenvalue weighted by molar-refractivity contribution is -0.144. The van der Waals surface area contributed by atoms with Crippen LogP contribution < -0.4 is 5.32 Å². The maximum absolute atomic E-state index is 14.0. The molecule has 8 heteroatoms. The maximum Gasteiger partial charge on any atom is 0.325 e. The Hall–Kier alpha value is -2.51. The summed E-state index contributed by atoms with van der Waals surface area (Å²) in [4.78, 5) is 36.9. The predicted octanol–water partition coefficient (Wildman–Crippen LogP) is 2.08. The molecule has 130 valence electrons. The SMILES string of the molecule is CCCOC(=O)CCN1C(=O)N[C@@](C)(c2cc(F)ccc2F)C1=O. The van der Waals surface area contributed by atoms with Crippen molar-refractivity contribution in [2.45, 2.75) is 32.2 Å². The number of esters is 1. The molecule has 1 N–H and O–H groups in total. The van der Waals surface area contributed by atoms with E-state index in [1.165, 1.54) is 6.92 Å². The minimum atomic E-state index is -1.73. The van der Waals surface area contributed by atoms with Crippen molar-refractivity contribution < 1.29 is 27.9 Å². The van der Waals surface area contributed by atoms with Crippen LogP contribution in [0.15, 0.2) is 18.2 Å². The van der Waals surface area contributed by atoms with Gasteiger partial charge in [0.15, 0.2) is 0 Å². The second-order valence-electron chi connectivity index (χ2n) is 5.61. The van der Waals surface area contributed by atoms with Gasteiger partial charge >= 0.3 is 12.0 Å². The summed E-state index contributed by atoms with van der Waals surface area (Å²) in [5.41, 5.74) is -1.99. The van der Waals surface area contributed by atoms with Crippen LogP contribution in [0.5, 0.6) is 0 Å². The Kier molecular flexibility index (Phi) is 5.16. The van der Waals surface area contributed by atoms with E-state index >= 15 is 0 Å². The van der Waals surface area contributed by atoms with E-state index in [4.69, 9.17) is 4.74 Å². The predicted molar refractivity (Wildman–Crippen MR) is 79.8 cm³/mol. The Morgan fingerprint density at radius 2 is 2.04 bits per heavy atom. The molecule has 24 heavy (non-hydrogen) atoms. The number of benzene rings is 1. The van der Waals surface area contributed by atoms with Crippen molar-refractivity contribution in [2.75, 3.05) is 13.2 Å². The molecule has 1 heterocycles. The lowest BCUT2D eigenvalue weighted by atomic mass is 9.91. The zero-order valence-electron chi connectivity index (χ0n) is 13.4. The van der Waals surface area contributed by atoms with Crippen LogP contribution in [-0.2, 0) is 19.9 Å². The average molecular weight is 340 g/mol. The van der Waals surface area contributed by atoms with Crippen LogP contribution in [0.1, 0.15) is 32.3 Å². The number of carbonyl (C=O) groups is 3. The summed E-state index contributed by atoms with van der Waals surface area (Å²) < 4.78 is 32.3. The third kappa shape index (κ3) is 3.37. The Labute approximate surface area is 137 Å². The molecule has 1 aromatic carbocycles. The first-order chi connectivity index (χ1) is 11.3. The molecule has 1 aliphatic rings. The van der Waals surface area contributed by atoms with Crippen molar-refractivity contribution in [2.24, 2.45) is 0 Å². The lowest BCUT2D eigenvalue weighted by Crippen LogP contribution is -2.42. The van der Waals surface area contributed by atoms with Crippen LogP contribution in [0.25, 0.3) is 0 Å². The number of imide groups is 1. The second kappa shape index (κ2) is 6.94. The van der Waals surface area contributed by atoms with Crippen LogP contribution in [0, 0.1) is 11.6 Å². The van der Waals surface area contributed by atoms with Gasteiger partial charge in [0.05, 0.1) is 13.0 Å². The smallest absolute Gasteiger partial charge is 0.325 e. The topological polar surface area (TPSA) is 75.7 Å². The number of halogens is 2. The monoisotopic (exact) mass is 340 g/mol. The van der Waals surface area contributed by atoms with Crippen molar-refractivity contribution in [1.82, 2.24) is 10.2 Å². The fourth-order valence-electron chi connectivity index (χ4n) is 2.45. The molecule has 0 radical (unpaired) electrons. The number of ether oxygens (including phenoxy) is 1. The van der Waals surface area contributed by atoms with Gasteiger partial charge in [0.2, 0.25) is 0 Å². The van der Waals surface area contributed by atoms with Crippen LogP contribution in [-0.4, -0.2) is 36.0 Å². The highest BCUT2D eigenvalue weighted by atomic mass is 19.1. The highest BCUT2D eigenvalue weighted by molar-refractivity contribution is 6.07. The van der Waals surface area contributed by atoms with Gasteiger partial charge in [-0.05, 0) is 31.5 Å². The Balaban J connectivity index is 2.16. The van der Waals surface area contributed by atoms with Gasteiger partial charge in [-0.3, -0.25) is 14.5 Å². The highest BCUT2D eigenvalue weighted by Crippen LogP contribution is 2.31. The van der Waals surface area contributed by atoms with E-state index in [0.717, 1.165) is 23.1 Å². The summed E-state index contributed by atoms with van der Waals surface area (Å²) in [6.45, 7) is 3.19. The van der Waals surface area contributed by atoms with Gasteiger partial charge < -0.3 is 10.1 Å². The largest absolute Gasteiger partial charge is 0.466 e. The first kappa shape index (κ1) is 17.8. The minimum Gasteiger partial charge on any atom is -0.466 e. The van der Waals surface area contributed by atoms with E-state index in [2.05, 4.69) is 5.32 Å². The Morgan fingerprint density at radius 3 is 2.71 bits per heavy atom. The molecule has 1 saturated heterocycles. The quantitative estimate of drug-likeness (QED) is 0.635. The fraction of sp³-hybridized carbons (Fsp3) is 0.438. The first-order valence-corrected chi connectivity index (χ1v) is 7.55. The zero-order chi connectivity index (χ0) is 17.9.